The fourth-order valence-electron chi connectivity index (χ4n) is 4.77. The number of carbonyl (C=O) groups excluding carboxylic acids is 1. The number of fused-ring (bicyclic) bond motifs is 2. The molecule has 148 valence electrons. The summed E-state index contributed by atoms with van der Waals surface area (Å²) in [6.07, 6.45) is 9.85. The molecule has 0 spiro atoms. The van der Waals surface area contributed by atoms with Gasteiger partial charge in [0.25, 0.3) is 0 Å². The summed E-state index contributed by atoms with van der Waals surface area (Å²) in [5.74, 6) is 3.05. The van der Waals surface area contributed by atoms with Gasteiger partial charge in [-0.3, -0.25) is 4.79 Å². The maximum Gasteiger partial charge on any atom is 0.226 e. The average molecular weight is 451 g/mol. The minimum atomic E-state index is 0.0261. The van der Waals surface area contributed by atoms with Gasteiger partial charge in [0, 0.05) is 10.9 Å². The Morgan fingerprint density at radius 1 is 1.22 bits per heavy atom. The van der Waals surface area contributed by atoms with Gasteiger partial charge >= 0.3 is 0 Å². The molecule has 2 aliphatic carbocycles. The molecule has 0 saturated heterocycles. The summed E-state index contributed by atoms with van der Waals surface area (Å²) in [7, 11) is 0. The average Bonchev–Trinajstić information content (AvgIpc) is 2.61. The first-order valence-electron chi connectivity index (χ1n) is 10.3. The molecule has 3 rings (SSSR count). The second-order valence-corrected chi connectivity index (χ2v) is 9.93. The highest BCUT2D eigenvalue weighted by atomic mass is 79.9. The molecule has 2 unspecified atom stereocenters. The normalized spacial score (nSPS) is 24.5. The molecule has 2 N–H and O–H groups in total. The molecule has 27 heavy (non-hydrogen) atoms. The summed E-state index contributed by atoms with van der Waals surface area (Å²) in [5.41, 5.74) is 2.14. The second kappa shape index (κ2) is 9.51. The van der Waals surface area contributed by atoms with Gasteiger partial charge in [0.05, 0.1) is 5.69 Å². The van der Waals surface area contributed by atoms with Crippen molar-refractivity contribution < 1.29 is 4.79 Å². The van der Waals surface area contributed by atoms with Gasteiger partial charge in [0.15, 0.2) is 5.11 Å². The Morgan fingerprint density at radius 3 is 2.56 bits per heavy atom. The van der Waals surface area contributed by atoms with Crippen LogP contribution in [-0.4, -0.2) is 11.0 Å². The third kappa shape index (κ3) is 6.02. The van der Waals surface area contributed by atoms with Crippen LogP contribution in [0.1, 0.15) is 76.7 Å². The van der Waals surface area contributed by atoms with Crippen molar-refractivity contribution in [3.8, 4) is 0 Å². The van der Waals surface area contributed by atoms with Crippen molar-refractivity contribution in [2.24, 2.45) is 17.8 Å². The van der Waals surface area contributed by atoms with E-state index in [1.165, 1.54) is 44.1 Å². The first kappa shape index (κ1) is 20.8. The molecule has 1 amide bonds. The van der Waals surface area contributed by atoms with Crippen LogP contribution in [0.2, 0.25) is 0 Å². The van der Waals surface area contributed by atoms with E-state index in [1.54, 1.807) is 0 Å². The van der Waals surface area contributed by atoms with Gasteiger partial charge in [-0.25, -0.2) is 0 Å². The number of thiocarbonyl (C=S) groups is 1. The van der Waals surface area contributed by atoms with E-state index in [0.717, 1.165) is 34.3 Å². The van der Waals surface area contributed by atoms with Gasteiger partial charge in [-0.1, -0.05) is 39.2 Å². The minimum absolute atomic E-state index is 0.0261. The highest BCUT2D eigenvalue weighted by Gasteiger charge is 2.31. The summed E-state index contributed by atoms with van der Waals surface area (Å²) in [6.45, 7) is 4.33. The van der Waals surface area contributed by atoms with Crippen molar-refractivity contribution in [2.45, 2.75) is 71.1 Å². The first-order chi connectivity index (χ1) is 12.9. The summed E-state index contributed by atoms with van der Waals surface area (Å²) in [4.78, 5) is 12.3. The lowest BCUT2D eigenvalue weighted by Gasteiger charge is -2.39. The molecular formula is C22H31BrN2OS. The number of carbonyl (C=O) groups is 1. The molecule has 2 atom stereocenters. The lowest BCUT2D eigenvalue weighted by molar-refractivity contribution is -0.120. The first-order valence-corrected chi connectivity index (χ1v) is 11.5. The third-order valence-corrected chi connectivity index (χ3v) is 7.03. The Hall–Kier alpha value is -0.940. The van der Waals surface area contributed by atoms with Crippen LogP contribution in [0.25, 0.3) is 0 Å². The monoisotopic (exact) mass is 450 g/mol. The number of rotatable bonds is 5. The highest BCUT2D eigenvalue weighted by Crippen LogP contribution is 2.43. The summed E-state index contributed by atoms with van der Waals surface area (Å²) in [6, 6.07) is 6.18. The molecule has 1 aromatic carbocycles. The number of amides is 1. The van der Waals surface area contributed by atoms with E-state index in [0.29, 0.717) is 17.5 Å². The van der Waals surface area contributed by atoms with E-state index < -0.39 is 0 Å². The van der Waals surface area contributed by atoms with Crippen molar-refractivity contribution in [3.05, 3.63) is 28.2 Å². The molecule has 0 heterocycles. The molecule has 2 bridgehead atoms. The Labute approximate surface area is 177 Å². The molecule has 2 aliphatic rings. The Morgan fingerprint density at radius 2 is 1.93 bits per heavy atom. The molecule has 0 aliphatic heterocycles. The number of benzene rings is 1. The SMILES string of the molecule is CC(C)c1ccc(NC(=S)NC(=O)CCC2CC3CCCC(C3)C2)c(Br)c1. The zero-order chi connectivity index (χ0) is 19.4. The number of hydrogen-bond donors (Lipinski definition) is 2. The topological polar surface area (TPSA) is 41.1 Å². The van der Waals surface area contributed by atoms with Crippen LogP contribution in [0.15, 0.2) is 22.7 Å². The largest absolute Gasteiger partial charge is 0.331 e. The van der Waals surface area contributed by atoms with E-state index in [9.17, 15) is 4.79 Å². The van der Waals surface area contributed by atoms with E-state index in [4.69, 9.17) is 12.2 Å². The van der Waals surface area contributed by atoms with Crippen LogP contribution in [-0.2, 0) is 4.79 Å². The molecule has 5 heteroatoms. The van der Waals surface area contributed by atoms with E-state index in [2.05, 4.69) is 52.5 Å². The second-order valence-electron chi connectivity index (χ2n) is 8.67. The standard InChI is InChI=1S/C22H31BrN2OS/c1-14(2)18-7-8-20(19(23)13-18)24-22(27)25-21(26)9-6-17-11-15-4-3-5-16(10-15)12-17/h7-8,13-17H,3-6,9-12H2,1-2H3,(H2,24,25,26,27). The van der Waals surface area contributed by atoms with Crippen LogP contribution in [0, 0.1) is 17.8 Å². The summed E-state index contributed by atoms with van der Waals surface area (Å²) in [5, 5.41) is 6.35. The van der Waals surface area contributed by atoms with E-state index in [1.807, 2.05) is 6.07 Å². The molecular weight excluding hydrogens is 420 g/mol. The Bertz CT molecular complexity index is 679. The van der Waals surface area contributed by atoms with Gasteiger partial charge in [0.1, 0.15) is 0 Å². The highest BCUT2D eigenvalue weighted by molar-refractivity contribution is 9.10. The Kier molecular flexibility index (Phi) is 7.32. The summed E-state index contributed by atoms with van der Waals surface area (Å²) >= 11 is 8.91. The maximum atomic E-state index is 12.3. The predicted molar refractivity (Wildman–Crippen MR) is 120 cm³/mol. The lowest BCUT2D eigenvalue weighted by Crippen LogP contribution is -2.35. The molecule has 0 radical (unpaired) electrons. The third-order valence-electron chi connectivity index (χ3n) is 6.17. The van der Waals surface area contributed by atoms with Gasteiger partial charge in [-0.15, -0.1) is 0 Å². The van der Waals surface area contributed by atoms with Crippen LogP contribution in [0.3, 0.4) is 0 Å². The molecule has 2 fully saturated rings. The predicted octanol–water partition coefficient (Wildman–Crippen LogP) is 6.38. The van der Waals surface area contributed by atoms with Gasteiger partial charge in [-0.05, 0) is 95.2 Å². The van der Waals surface area contributed by atoms with Gasteiger partial charge < -0.3 is 10.6 Å². The van der Waals surface area contributed by atoms with E-state index in [-0.39, 0.29) is 5.91 Å². The van der Waals surface area contributed by atoms with Crippen LogP contribution in [0.5, 0.6) is 0 Å². The van der Waals surface area contributed by atoms with Crippen molar-refractivity contribution in [1.82, 2.24) is 5.32 Å². The quantitative estimate of drug-likeness (QED) is 0.511. The fourth-order valence-corrected chi connectivity index (χ4v) is 5.49. The number of anilines is 1. The molecule has 0 aromatic heterocycles. The smallest absolute Gasteiger partial charge is 0.226 e. The van der Waals surface area contributed by atoms with Crippen molar-refractivity contribution in [1.29, 1.82) is 0 Å². The summed E-state index contributed by atoms with van der Waals surface area (Å²) < 4.78 is 0.957. The van der Waals surface area contributed by atoms with Crippen LogP contribution < -0.4 is 10.6 Å². The number of halogens is 1. The maximum absolute atomic E-state index is 12.3. The lowest BCUT2D eigenvalue weighted by atomic mass is 9.67. The number of nitrogens with one attached hydrogen (secondary N) is 2. The van der Waals surface area contributed by atoms with Crippen LogP contribution in [0.4, 0.5) is 5.69 Å². The van der Waals surface area contributed by atoms with Gasteiger partial charge in [-0.2, -0.15) is 0 Å². The van der Waals surface area contributed by atoms with Crippen LogP contribution >= 0.6 is 28.1 Å². The van der Waals surface area contributed by atoms with Crippen molar-refractivity contribution >= 4 is 44.9 Å². The molecule has 3 nitrogen and oxygen atoms in total. The zero-order valence-corrected chi connectivity index (χ0v) is 18.8. The molecule has 2 saturated carbocycles. The van der Waals surface area contributed by atoms with Crippen molar-refractivity contribution in [2.75, 3.05) is 5.32 Å². The zero-order valence-electron chi connectivity index (χ0n) is 16.4. The van der Waals surface area contributed by atoms with Crippen molar-refractivity contribution in [3.63, 3.8) is 0 Å². The van der Waals surface area contributed by atoms with Gasteiger partial charge in [0.2, 0.25) is 5.91 Å². The van der Waals surface area contributed by atoms with E-state index >= 15 is 0 Å². The molecule has 1 aromatic rings. The Balaban J connectivity index is 1.43. The fraction of sp³-hybridized carbons (Fsp3) is 0.636. The number of hydrogen-bond acceptors (Lipinski definition) is 2. The minimum Gasteiger partial charge on any atom is -0.331 e.